The molecule has 0 unspecified atom stereocenters. The van der Waals surface area contributed by atoms with Gasteiger partial charge in [0.25, 0.3) is 0 Å². The number of hydrogen-bond donors (Lipinski definition) is 0. The van der Waals surface area contributed by atoms with E-state index in [1.807, 2.05) is 0 Å². The van der Waals surface area contributed by atoms with Gasteiger partial charge in [-0.1, -0.05) is 12.8 Å². The third kappa shape index (κ3) is 3.45. The molecule has 6 nitrogen and oxygen atoms in total. The summed E-state index contributed by atoms with van der Waals surface area (Å²) < 4.78 is 25.5. The highest BCUT2D eigenvalue weighted by molar-refractivity contribution is 7.91. The van der Waals surface area contributed by atoms with Crippen molar-refractivity contribution < 1.29 is 13.2 Å². The van der Waals surface area contributed by atoms with Gasteiger partial charge >= 0.3 is 0 Å². The minimum Gasteiger partial charge on any atom is -0.340 e. The van der Waals surface area contributed by atoms with Gasteiger partial charge in [-0.2, -0.15) is 5.10 Å². The zero-order valence-corrected chi connectivity index (χ0v) is 13.6. The van der Waals surface area contributed by atoms with Gasteiger partial charge in [-0.3, -0.25) is 9.48 Å². The SMILES string of the molecule is C[C@H](C(=O)N(C)[C@@H]1CCCC[C@H]1S(C)(=O)=O)n1cccn1. The van der Waals surface area contributed by atoms with E-state index in [0.717, 1.165) is 19.3 Å². The number of amides is 1. The molecule has 1 aromatic rings. The lowest BCUT2D eigenvalue weighted by Gasteiger charge is -2.38. The van der Waals surface area contributed by atoms with Gasteiger partial charge in [0.15, 0.2) is 9.84 Å². The summed E-state index contributed by atoms with van der Waals surface area (Å²) in [5, 5.41) is 3.63. The average molecular weight is 313 g/mol. The fourth-order valence-corrected chi connectivity index (χ4v) is 4.58. The largest absolute Gasteiger partial charge is 0.340 e. The molecule has 0 aliphatic heterocycles. The Bertz CT molecular complexity index is 583. The summed E-state index contributed by atoms with van der Waals surface area (Å²) in [5.74, 6) is -0.0979. The quantitative estimate of drug-likeness (QED) is 0.839. The minimum atomic E-state index is -3.15. The number of sulfone groups is 1. The van der Waals surface area contributed by atoms with Crippen LogP contribution in [0.3, 0.4) is 0 Å². The maximum Gasteiger partial charge on any atom is 0.247 e. The van der Waals surface area contributed by atoms with Crippen molar-refractivity contribution in [2.75, 3.05) is 13.3 Å². The molecular formula is C14H23N3O3S. The number of rotatable bonds is 4. The summed E-state index contributed by atoms with van der Waals surface area (Å²) in [4.78, 5) is 14.2. The molecule has 0 saturated heterocycles. The first-order chi connectivity index (χ1) is 9.82. The summed E-state index contributed by atoms with van der Waals surface area (Å²) in [6.45, 7) is 1.78. The van der Waals surface area contributed by atoms with Crippen molar-refractivity contribution in [3.8, 4) is 0 Å². The number of nitrogens with zero attached hydrogens (tertiary/aromatic N) is 3. The van der Waals surface area contributed by atoms with E-state index in [9.17, 15) is 13.2 Å². The summed E-state index contributed by atoms with van der Waals surface area (Å²) in [5.41, 5.74) is 0. The highest BCUT2D eigenvalue weighted by atomic mass is 32.2. The lowest BCUT2D eigenvalue weighted by Crippen LogP contribution is -2.50. The molecule has 0 spiro atoms. The lowest BCUT2D eigenvalue weighted by atomic mass is 9.93. The van der Waals surface area contributed by atoms with Gasteiger partial charge in [0.2, 0.25) is 5.91 Å². The van der Waals surface area contributed by atoms with Crippen LogP contribution in [-0.4, -0.2) is 53.6 Å². The zero-order chi connectivity index (χ0) is 15.6. The Morgan fingerprint density at radius 3 is 2.62 bits per heavy atom. The monoisotopic (exact) mass is 313 g/mol. The van der Waals surface area contributed by atoms with Crippen LogP contribution in [0.1, 0.15) is 38.6 Å². The van der Waals surface area contributed by atoms with Crippen LogP contribution in [0.5, 0.6) is 0 Å². The van der Waals surface area contributed by atoms with Crippen molar-refractivity contribution in [3.63, 3.8) is 0 Å². The molecule has 1 aliphatic rings. The van der Waals surface area contributed by atoms with Crippen LogP contribution < -0.4 is 0 Å². The van der Waals surface area contributed by atoms with Crippen LogP contribution in [0.4, 0.5) is 0 Å². The molecule has 2 rings (SSSR count). The van der Waals surface area contributed by atoms with Gasteiger partial charge in [0.1, 0.15) is 6.04 Å². The Labute approximate surface area is 126 Å². The van der Waals surface area contributed by atoms with Gasteiger partial charge in [0, 0.05) is 31.7 Å². The summed E-state index contributed by atoms with van der Waals surface area (Å²) in [6.07, 6.45) is 7.89. The van der Waals surface area contributed by atoms with E-state index >= 15 is 0 Å². The Balaban J connectivity index is 2.17. The number of carbonyl (C=O) groups excluding carboxylic acids is 1. The van der Waals surface area contributed by atoms with E-state index in [4.69, 9.17) is 0 Å². The van der Waals surface area contributed by atoms with Crippen molar-refractivity contribution in [1.82, 2.24) is 14.7 Å². The second-order valence-electron chi connectivity index (χ2n) is 5.83. The summed E-state index contributed by atoms with van der Waals surface area (Å²) >= 11 is 0. The highest BCUT2D eigenvalue weighted by Gasteiger charge is 2.38. The molecule has 1 aromatic heterocycles. The summed E-state index contributed by atoms with van der Waals surface area (Å²) in [6, 6.07) is 1.11. The highest BCUT2D eigenvalue weighted by Crippen LogP contribution is 2.28. The van der Waals surface area contributed by atoms with Crippen molar-refractivity contribution in [2.45, 2.75) is 49.9 Å². The van der Waals surface area contributed by atoms with E-state index in [1.165, 1.54) is 6.26 Å². The van der Waals surface area contributed by atoms with Crippen LogP contribution in [0, 0.1) is 0 Å². The average Bonchev–Trinajstić information content (AvgIpc) is 2.98. The van der Waals surface area contributed by atoms with E-state index in [2.05, 4.69) is 5.10 Å². The Hall–Kier alpha value is -1.37. The second-order valence-corrected chi connectivity index (χ2v) is 8.10. The summed E-state index contributed by atoms with van der Waals surface area (Å²) in [7, 11) is -1.44. The standard InChI is InChI=1S/C14H23N3O3S/c1-11(17-10-6-9-15-17)14(18)16(2)12-7-4-5-8-13(12)21(3,19)20/h6,9-13H,4-5,7-8H2,1-3H3/t11-,12-,13-/m1/s1. The predicted octanol–water partition coefficient (Wildman–Crippen LogP) is 1.26. The van der Waals surface area contributed by atoms with Crippen molar-refractivity contribution in [2.24, 2.45) is 0 Å². The molecular weight excluding hydrogens is 290 g/mol. The fraction of sp³-hybridized carbons (Fsp3) is 0.714. The third-order valence-corrected chi connectivity index (χ3v) is 5.99. The second kappa shape index (κ2) is 6.17. The molecule has 118 valence electrons. The van der Waals surface area contributed by atoms with Crippen LogP contribution >= 0.6 is 0 Å². The maximum atomic E-state index is 12.6. The van der Waals surface area contributed by atoms with E-state index in [1.54, 1.807) is 42.0 Å². The lowest BCUT2D eigenvalue weighted by molar-refractivity contribution is -0.135. The van der Waals surface area contributed by atoms with E-state index in [0.29, 0.717) is 6.42 Å². The first-order valence-electron chi connectivity index (χ1n) is 7.27. The van der Waals surface area contributed by atoms with E-state index < -0.39 is 21.1 Å². The van der Waals surface area contributed by atoms with Gasteiger partial charge in [-0.15, -0.1) is 0 Å². The van der Waals surface area contributed by atoms with Crippen LogP contribution in [0.2, 0.25) is 0 Å². The Morgan fingerprint density at radius 1 is 1.38 bits per heavy atom. The van der Waals surface area contributed by atoms with Crippen molar-refractivity contribution in [1.29, 1.82) is 0 Å². The molecule has 3 atom stereocenters. The van der Waals surface area contributed by atoms with Gasteiger partial charge in [-0.05, 0) is 25.8 Å². The number of carbonyl (C=O) groups is 1. The molecule has 1 heterocycles. The maximum absolute atomic E-state index is 12.6. The van der Waals surface area contributed by atoms with Gasteiger partial charge in [-0.25, -0.2) is 8.42 Å². The Kier molecular flexibility index (Phi) is 4.70. The van der Waals surface area contributed by atoms with Crippen molar-refractivity contribution in [3.05, 3.63) is 18.5 Å². The normalized spacial score (nSPS) is 24.5. The molecule has 0 bridgehead atoms. The molecule has 1 fully saturated rings. The first kappa shape index (κ1) is 16.0. The van der Waals surface area contributed by atoms with Gasteiger partial charge in [0.05, 0.1) is 5.25 Å². The molecule has 1 amide bonds. The van der Waals surface area contributed by atoms with Crippen molar-refractivity contribution >= 4 is 15.7 Å². The molecule has 0 radical (unpaired) electrons. The van der Waals surface area contributed by atoms with E-state index in [-0.39, 0.29) is 11.9 Å². The fourth-order valence-electron chi connectivity index (χ4n) is 3.10. The predicted molar refractivity (Wildman–Crippen MR) is 80.6 cm³/mol. The molecule has 21 heavy (non-hydrogen) atoms. The zero-order valence-electron chi connectivity index (χ0n) is 12.8. The molecule has 0 N–H and O–H groups in total. The molecule has 1 aliphatic carbocycles. The third-order valence-electron chi connectivity index (χ3n) is 4.34. The topological polar surface area (TPSA) is 72.3 Å². The van der Waals surface area contributed by atoms with Crippen LogP contribution in [0.25, 0.3) is 0 Å². The van der Waals surface area contributed by atoms with Crippen LogP contribution in [-0.2, 0) is 14.6 Å². The number of aromatic nitrogens is 2. The van der Waals surface area contributed by atoms with Gasteiger partial charge < -0.3 is 4.90 Å². The molecule has 1 saturated carbocycles. The molecule has 0 aromatic carbocycles. The minimum absolute atomic E-state index is 0.0979. The van der Waals surface area contributed by atoms with Crippen LogP contribution in [0.15, 0.2) is 18.5 Å². The number of likely N-dealkylation sites (N-methyl/N-ethyl adjacent to an activating group) is 1. The number of hydrogen-bond acceptors (Lipinski definition) is 4. The smallest absolute Gasteiger partial charge is 0.247 e. The molecule has 7 heteroatoms. The Morgan fingerprint density at radius 2 is 2.05 bits per heavy atom. The first-order valence-corrected chi connectivity index (χ1v) is 9.22.